The molecule has 4 rings (SSSR count). The third-order valence-electron chi connectivity index (χ3n) is 4.92. The average Bonchev–Trinajstić information content (AvgIpc) is 2.92. The number of imide groups is 1. The van der Waals surface area contributed by atoms with Gasteiger partial charge < -0.3 is 5.32 Å². The predicted molar refractivity (Wildman–Crippen MR) is 104 cm³/mol. The van der Waals surface area contributed by atoms with Gasteiger partial charge in [-0.3, -0.25) is 19.3 Å². The first-order valence-corrected chi connectivity index (χ1v) is 10.0. The fourth-order valence-electron chi connectivity index (χ4n) is 3.48. The van der Waals surface area contributed by atoms with Crippen LogP contribution < -0.4 is 5.32 Å². The SMILES string of the molecule is CC(C(=O)NC1CCSc2ccc(Cl)cc21)N1C(=O)c2ccccc2C1=O. The molecule has 2 unspecified atom stereocenters. The number of thioether (sulfide) groups is 1. The molecule has 0 fully saturated rings. The van der Waals surface area contributed by atoms with Gasteiger partial charge in [0.1, 0.15) is 6.04 Å². The fraction of sp³-hybridized carbons (Fsp3) is 0.250. The molecule has 0 saturated carbocycles. The normalized spacial score (nSPS) is 19.5. The van der Waals surface area contributed by atoms with Crippen molar-refractivity contribution >= 4 is 41.1 Å². The van der Waals surface area contributed by atoms with Gasteiger partial charge in [-0.05, 0) is 49.2 Å². The van der Waals surface area contributed by atoms with Crippen LogP contribution in [0.1, 0.15) is 45.7 Å². The maximum absolute atomic E-state index is 12.8. The highest BCUT2D eigenvalue weighted by atomic mass is 35.5. The number of carbonyl (C=O) groups is 3. The number of halogens is 1. The van der Waals surface area contributed by atoms with Crippen molar-refractivity contribution in [2.45, 2.75) is 30.3 Å². The first kappa shape index (κ1) is 18.1. The van der Waals surface area contributed by atoms with E-state index in [1.54, 1.807) is 43.0 Å². The van der Waals surface area contributed by atoms with Crippen molar-refractivity contribution in [3.8, 4) is 0 Å². The molecule has 2 aliphatic rings. The Morgan fingerprint density at radius 1 is 1.19 bits per heavy atom. The van der Waals surface area contributed by atoms with E-state index in [0.29, 0.717) is 16.1 Å². The van der Waals surface area contributed by atoms with E-state index in [2.05, 4.69) is 5.32 Å². The van der Waals surface area contributed by atoms with Crippen molar-refractivity contribution < 1.29 is 14.4 Å². The zero-order valence-electron chi connectivity index (χ0n) is 14.6. The number of nitrogens with zero attached hydrogens (tertiary/aromatic N) is 1. The lowest BCUT2D eigenvalue weighted by atomic mass is 10.0. The Morgan fingerprint density at radius 3 is 2.52 bits per heavy atom. The lowest BCUT2D eigenvalue weighted by molar-refractivity contribution is -0.125. The Labute approximate surface area is 166 Å². The van der Waals surface area contributed by atoms with E-state index >= 15 is 0 Å². The first-order valence-electron chi connectivity index (χ1n) is 8.67. The van der Waals surface area contributed by atoms with Crippen LogP contribution in [0.3, 0.4) is 0 Å². The molecule has 27 heavy (non-hydrogen) atoms. The minimum atomic E-state index is -0.894. The summed E-state index contributed by atoms with van der Waals surface area (Å²) >= 11 is 7.84. The second-order valence-electron chi connectivity index (χ2n) is 6.58. The molecular formula is C20H17ClN2O3S. The number of rotatable bonds is 3. The molecule has 7 heteroatoms. The molecule has 0 bridgehead atoms. The Kier molecular flexibility index (Phi) is 4.70. The standard InChI is InChI=1S/C20H17ClN2O3S/c1-11(23-19(25)13-4-2-3-5-14(13)20(23)26)18(24)22-16-8-9-27-17-7-6-12(21)10-15(16)17/h2-7,10-11,16H,8-9H2,1H3,(H,22,24). The van der Waals surface area contributed by atoms with Crippen molar-refractivity contribution in [1.82, 2.24) is 10.2 Å². The molecule has 138 valence electrons. The summed E-state index contributed by atoms with van der Waals surface area (Å²) in [6, 6.07) is 11.2. The highest BCUT2D eigenvalue weighted by molar-refractivity contribution is 7.99. The van der Waals surface area contributed by atoms with Gasteiger partial charge in [0.25, 0.3) is 11.8 Å². The third-order valence-corrected chi connectivity index (χ3v) is 6.28. The molecular weight excluding hydrogens is 384 g/mol. The molecule has 2 aliphatic heterocycles. The lowest BCUT2D eigenvalue weighted by Crippen LogP contribution is -2.48. The molecule has 1 N–H and O–H groups in total. The number of carbonyl (C=O) groups excluding carboxylic acids is 3. The summed E-state index contributed by atoms with van der Waals surface area (Å²) < 4.78 is 0. The second-order valence-corrected chi connectivity index (χ2v) is 8.16. The summed E-state index contributed by atoms with van der Waals surface area (Å²) in [6.45, 7) is 1.58. The third kappa shape index (κ3) is 3.13. The van der Waals surface area contributed by atoms with E-state index < -0.39 is 17.9 Å². The van der Waals surface area contributed by atoms with Gasteiger partial charge in [-0.15, -0.1) is 11.8 Å². The fourth-order valence-corrected chi connectivity index (χ4v) is 4.77. The van der Waals surface area contributed by atoms with Gasteiger partial charge in [-0.1, -0.05) is 23.7 Å². The highest BCUT2D eigenvalue weighted by Crippen LogP contribution is 2.37. The summed E-state index contributed by atoms with van der Waals surface area (Å²) in [7, 11) is 0. The molecule has 2 heterocycles. The number of hydrogen-bond donors (Lipinski definition) is 1. The largest absolute Gasteiger partial charge is 0.347 e. The Bertz CT molecular complexity index is 927. The van der Waals surface area contributed by atoms with Crippen LogP contribution in [0.5, 0.6) is 0 Å². The number of hydrogen-bond acceptors (Lipinski definition) is 4. The summed E-state index contributed by atoms with van der Waals surface area (Å²) in [5.41, 5.74) is 1.66. The quantitative estimate of drug-likeness (QED) is 0.798. The van der Waals surface area contributed by atoms with Crippen molar-refractivity contribution in [1.29, 1.82) is 0 Å². The number of amides is 3. The van der Waals surface area contributed by atoms with Crippen molar-refractivity contribution in [3.63, 3.8) is 0 Å². The molecule has 0 spiro atoms. The van der Waals surface area contributed by atoms with Gasteiger partial charge in [-0.25, -0.2) is 0 Å². The highest BCUT2D eigenvalue weighted by Gasteiger charge is 2.41. The van der Waals surface area contributed by atoms with Crippen LogP contribution in [-0.4, -0.2) is 34.4 Å². The van der Waals surface area contributed by atoms with Gasteiger partial charge >= 0.3 is 0 Å². The van der Waals surface area contributed by atoms with Crippen LogP contribution in [0, 0.1) is 0 Å². The summed E-state index contributed by atoms with van der Waals surface area (Å²) in [5, 5.41) is 3.60. The molecule has 0 radical (unpaired) electrons. The molecule has 0 aromatic heterocycles. The van der Waals surface area contributed by atoms with Crippen LogP contribution in [-0.2, 0) is 4.79 Å². The van der Waals surface area contributed by atoms with Gasteiger partial charge in [0.05, 0.1) is 17.2 Å². The van der Waals surface area contributed by atoms with Crippen LogP contribution in [0.2, 0.25) is 5.02 Å². The molecule has 0 aliphatic carbocycles. The lowest BCUT2D eigenvalue weighted by Gasteiger charge is -2.29. The second kappa shape index (κ2) is 7.02. The van der Waals surface area contributed by atoms with Crippen LogP contribution in [0.25, 0.3) is 0 Å². The van der Waals surface area contributed by atoms with E-state index in [0.717, 1.165) is 27.5 Å². The summed E-state index contributed by atoms with van der Waals surface area (Å²) in [6.07, 6.45) is 0.762. The zero-order valence-corrected chi connectivity index (χ0v) is 16.1. The maximum atomic E-state index is 12.8. The molecule has 0 saturated heterocycles. The topological polar surface area (TPSA) is 66.5 Å². The van der Waals surface area contributed by atoms with E-state index in [1.807, 2.05) is 18.2 Å². The van der Waals surface area contributed by atoms with Crippen LogP contribution in [0.15, 0.2) is 47.4 Å². The molecule has 2 atom stereocenters. The Morgan fingerprint density at radius 2 is 1.85 bits per heavy atom. The van der Waals surface area contributed by atoms with E-state index in [1.165, 1.54) is 0 Å². The van der Waals surface area contributed by atoms with Crippen LogP contribution in [0.4, 0.5) is 0 Å². The van der Waals surface area contributed by atoms with Crippen molar-refractivity contribution in [3.05, 3.63) is 64.2 Å². The maximum Gasteiger partial charge on any atom is 0.262 e. The number of nitrogens with one attached hydrogen (secondary N) is 1. The van der Waals surface area contributed by atoms with E-state index in [4.69, 9.17) is 11.6 Å². The first-order chi connectivity index (χ1) is 13.0. The smallest absolute Gasteiger partial charge is 0.262 e. The van der Waals surface area contributed by atoms with Gasteiger partial charge in [0.15, 0.2) is 0 Å². The average molecular weight is 401 g/mol. The van der Waals surface area contributed by atoms with Crippen LogP contribution >= 0.6 is 23.4 Å². The minimum Gasteiger partial charge on any atom is -0.347 e. The van der Waals surface area contributed by atoms with Crippen molar-refractivity contribution in [2.24, 2.45) is 0 Å². The predicted octanol–water partition coefficient (Wildman–Crippen LogP) is 3.68. The minimum absolute atomic E-state index is 0.190. The summed E-state index contributed by atoms with van der Waals surface area (Å²) in [5.74, 6) is -0.338. The van der Waals surface area contributed by atoms with E-state index in [-0.39, 0.29) is 11.9 Å². The number of benzene rings is 2. The zero-order chi connectivity index (χ0) is 19.1. The Hall–Kier alpha value is -2.31. The van der Waals surface area contributed by atoms with Crippen molar-refractivity contribution in [2.75, 3.05) is 5.75 Å². The Balaban J connectivity index is 1.54. The van der Waals surface area contributed by atoms with Gasteiger partial charge in [-0.2, -0.15) is 0 Å². The molecule has 3 amide bonds. The van der Waals surface area contributed by atoms with Gasteiger partial charge in [0, 0.05) is 15.7 Å². The van der Waals surface area contributed by atoms with Gasteiger partial charge in [0.2, 0.25) is 5.91 Å². The molecule has 2 aromatic carbocycles. The molecule has 5 nitrogen and oxygen atoms in total. The monoisotopic (exact) mass is 400 g/mol. The molecule has 2 aromatic rings. The number of fused-ring (bicyclic) bond motifs is 2. The van der Waals surface area contributed by atoms with E-state index in [9.17, 15) is 14.4 Å². The summed E-state index contributed by atoms with van der Waals surface area (Å²) in [4.78, 5) is 40.1.